The zero-order chi connectivity index (χ0) is 19.9. The Morgan fingerprint density at radius 3 is 2.68 bits per heavy atom. The van der Waals surface area contributed by atoms with Gasteiger partial charge in [-0.25, -0.2) is 0 Å². The van der Waals surface area contributed by atoms with Crippen molar-refractivity contribution in [2.45, 2.75) is 39.3 Å². The second kappa shape index (κ2) is 9.05. The Morgan fingerprint density at radius 2 is 1.96 bits per heavy atom. The molecular weight excluding hydrogens is 346 g/mol. The second-order valence-electron chi connectivity index (χ2n) is 6.92. The quantitative estimate of drug-likeness (QED) is 0.584. The molecule has 142 valence electrons. The van der Waals surface area contributed by atoms with Crippen molar-refractivity contribution >= 4 is 22.9 Å². The van der Waals surface area contributed by atoms with Crippen LogP contribution in [0.2, 0.25) is 0 Å². The topological polar surface area (TPSA) is 57.8 Å². The van der Waals surface area contributed by atoms with E-state index in [1.54, 1.807) is 6.08 Å². The first-order valence-corrected chi connectivity index (χ1v) is 9.62. The molecule has 0 saturated carbocycles. The molecule has 0 spiro atoms. The third-order valence-corrected chi connectivity index (χ3v) is 4.90. The Bertz CT molecular complexity index is 1020. The molecule has 0 aliphatic carbocycles. The zero-order valence-corrected chi connectivity index (χ0v) is 16.4. The Morgan fingerprint density at radius 1 is 1.21 bits per heavy atom. The van der Waals surface area contributed by atoms with Crippen LogP contribution in [0.15, 0.2) is 60.8 Å². The number of carbonyl (C=O) groups is 1. The van der Waals surface area contributed by atoms with E-state index in [-0.39, 0.29) is 11.9 Å². The van der Waals surface area contributed by atoms with Gasteiger partial charge in [-0.1, -0.05) is 55.0 Å². The molecule has 1 N–H and O–H groups in total. The van der Waals surface area contributed by atoms with E-state index in [2.05, 4.69) is 54.1 Å². The summed E-state index contributed by atoms with van der Waals surface area (Å²) in [7, 11) is 0. The predicted molar refractivity (Wildman–Crippen MR) is 114 cm³/mol. The van der Waals surface area contributed by atoms with Crippen LogP contribution in [0.4, 0.5) is 0 Å². The summed E-state index contributed by atoms with van der Waals surface area (Å²) in [5, 5.41) is 13.0. The highest BCUT2D eigenvalue weighted by molar-refractivity contribution is 5.96. The molecule has 3 rings (SSSR count). The monoisotopic (exact) mass is 371 g/mol. The lowest BCUT2D eigenvalue weighted by atomic mass is 10.0. The summed E-state index contributed by atoms with van der Waals surface area (Å²) in [5.74, 6) is -0.110. The van der Waals surface area contributed by atoms with Crippen LogP contribution in [0.1, 0.15) is 42.5 Å². The molecular formula is C24H25N3O. The maximum atomic E-state index is 12.5. The van der Waals surface area contributed by atoms with E-state index in [0.717, 1.165) is 28.5 Å². The molecule has 1 amide bonds. The minimum absolute atomic E-state index is 0.00489. The number of aryl methyl sites for hydroxylation is 2. The van der Waals surface area contributed by atoms with Gasteiger partial charge < -0.3 is 9.88 Å². The first-order chi connectivity index (χ1) is 13.6. The zero-order valence-electron chi connectivity index (χ0n) is 16.4. The number of nitriles is 1. The summed E-state index contributed by atoms with van der Waals surface area (Å²) >= 11 is 0. The van der Waals surface area contributed by atoms with Crippen molar-refractivity contribution in [3.8, 4) is 6.07 Å². The smallest absolute Gasteiger partial charge is 0.244 e. The second-order valence-corrected chi connectivity index (χ2v) is 6.92. The molecule has 3 aromatic rings. The van der Waals surface area contributed by atoms with Crippen LogP contribution < -0.4 is 5.32 Å². The third kappa shape index (κ3) is 4.50. The molecule has 4 heteroatoms. The summed E-state index contributed by atoms with van der Waals surface area (Å²) in [5.41, 5.74) is 4.37. The number of hydrogen-bond acceptors (Lipinski definition) is 2. The van der Waals surface area contributed by atoms with Crippen molar-refractivity contribution in [1.29, 1.82) is 5.26 Å². The van der Waals surface area contributed by atoms with Gasteiger partial charge in [-0.3, -0.25) is 4.79 Å². The summed E-state index contributed by atoms with van der Waals surface area (Å²) in [6, 6.07) is 18.5. The summed E-state index contributed by atoms with van der Waals surface area (Å²) in [6.45, 7) is 4.76. The number of para-hydroxylation sites is 1. The predicted octanol–water partition coefficient (Wildman–Crippen LogP) is 5.14. The van der Waals surface area contributed by atoms with Crippen molar-refractivity contribution in [3.63, 3.8) is 0 Å². The summed E-state index contributed by atoms with van der Waals surface area (Å²) in [6.07, 6.45) is 6.73. The van der Waals surface area contributed by atoms with Gasteiger partial charge in [0.15, 0.2) is 0 Å². The van der Waals surface area contributed by atoms with Gasteiger partial charge in [0.25, 0.3) is 0 Å². The Labute approximate surface area is 166 Å². The number of hydrogen-bond donors (Lipinski definition) is 1. The lowest BCUT2D eigenvalue weighted by Gasteiger charge is -2.16. The highest BCUT2D eigenvalue weighted by Crippen LogP contribution is 2.23. The van der Waals surface area contributed by atoms with Crippen LogP contribution in [0.25, 0.3) is 17.0 Å². The molecule has 0 radical (unpaired) electrons. The molecule has 1 unspecified atom stereocenters. The first-order valence-electron chi connectivity index (χ1n) is 9.62. The fraction of sp³-hybridized carbons (Fsp3) is 0.250. The third-order valence-electron chi connectivity index (χ3n) is 4.90. The number of rotatable bonds is 7. The summed E-state index contributed by atoms with van der Waals surface area (Å²) in [4.78, 5) is 12.5. The Hall–Kier alpha value is -3.32. The van der Waals surface area contributed by atoms with Crippen molar-refractivity contribution in [2.75, 3.05) is 0 Å². The molecule has 1 aromatic heterocycles. The minimum atomic E-state index is -0.110. The van der Waals surface area contributed by atoms with E-state index >= 15 is 0 Å². The fourth-order valence-corrected chi connectivity index (χ4v) is 3.37. The summed E-state index contributed by atoms with van der Waals surface area (Å²) < 4.78 is 2.07. The number of aromatic nitrogens is 1. The molecule has 4 nitrogen and oxygen atoms in total. The van der Waals surface area contributed by atoms with Crippen molar-refractivity contribution < 1.29 is 4.79 Å². The molecule has 0 saturated heterocycles. The molecule has 2 aromatic carbocycles. The first kappa shape index (κ1) is 19.4. The number of fused-ring (bicyclic) bond motifs is 1. The largest absolute Gasteiger partial charge is 0.346 e. The van der Waals surface area contributed by atoms with Gasteiger partial charge in [0.05, 0.1) is 18.5 Å². The highest BCUT2D eigenvalue weighted by atomic mass is 16.1. The van der Waals surface area contributed by atoms with Crippen molar-refractivity contribution in [3.05, 3.63) is 77.5 Å². The molecule has 0 aliphatic heterocycles. The molecule has 0 fully saturated rings. The SMILES string of the molecule is CCC(NC(=O)C=Cc1cn(CCC#N)c2ccccc12)c1ccc(C)cc1. The molecule has 1 atom stereocenters. The van der Waals surface area contributed by atoms with E-state index in [4.69, 9.17) is 5.26 Å². The fourth-order valence-electron chi connectivity index (χ4n) is 3.37. The van der Waals surface area contributed by atoms with Gasteiger partial charge in [0, 0.05) is 35.3 Å². The highest BCUT2D eigenvalue weighted by Gasteiger charge is 2.11. The van der Waals surface area contributed by atoms with Crippen molar-refractivity contribution in [2.24, 2.45) is 0 Å². The van der Waals surface area contributed by atoms with Gasteiger partial charge in [-0.15, -0.1) is 0 Å². The van der Waals surface area contributed by atoms with Crippen LogP contribution in [0.3, 0.4) is 0 Å². The number of carbonyl (C=O) groups excluding carboxylic acids is 1. The molecule has 1 heterocycles. The number of benzene rings is 2. The van der Waals surface area contributed by atoms with Crippen LogP contribution in [-0.4, -0.2) is 10.5 Å². The normalized spacial score (nSPS) is 12.2. The van der Waals surface area contributed by atoms with E-state index in [1.165, 1.54) is 5.56 Å². The number of amides is 1. The van der Waals surface area contributed by atoms with Gasteiger partial charge in [0.2, 0.25) is 5.91 Å². The van der Waals surface area contributed by atoms with Gasteiger partial charge in [-0.05, 0) is 31.1 Å². The van der Waals surface area contributed by atoms with Gasteiger partial charge in [-0.2, -0.15) is 5.26 Å². The molecule has 0 aliphatic rings. The Balaban J connectivity index is 1.76. The average molecular weight is 371 g/mol. The number of nitrogens with zero attached hydrogens (tertiary/aromatic N) is 2. The van der Waals surface area contributed by atoms with Crippen LogP contribution in [0, 0.1) is 18.3 Å². The van der Waals surface area contributed by atoms with Crippen LogP contribution >= 0.6 is 0 Å². The lowest BCUT2D eigenvalue weighted by Crippen LogP contribution is -2.26. The van der Waals surface area contributed by atoms with Crippen LogP contribution in [0.5, 0.6) is 0 Å². The van der Waals surface area contributed by atoms with E-state index < -0.39 is 0 Å². The minimum Gasteiger partial charge on any atom is -0.346 e. The van der Waals surface area contributed by atoms with Gasteiger partial charge >= 0.3 is 0 Å². The maximum Gasteiger partial charge on any atom is 0.244 e. The lowest BCUT2D eigenvalue weighted by molar-refractivity contribution is -0.117. The maximum absolute atomic E-state index is 12.5. The number of nitrogens with one attached hydrogen (secondary N) is 1. The van der Waals surface area contributed by atoms with E-state index in [9.17, 15) is 4.79 Å². The standard InChI is InChI=1S/C24H25N3O/c1-3-22(19-11-9-18(2)10-12-19)26-24(28)14-13-20-17-27(16-6-15-25)23-8-5-4-7-21(20)23/h4-5,7-14,17,22H,3,6,16H2,1-2H3,(H,26,28). The molecule has 28 heavy (non-hydrogen) atoms. The van der Waals surface area contributed by atoms with E-state index in [0.29, 0.717) is 13.0 Å². The van der Waals surface area contributed by atoms with Crippen molar-refractivity contribution in [1.82, 2.24) is 9.88 Å². The van der Waals surface area contributed by atoms with Gasteiger partial charge in [0.1, 0.15) is 0 Å². The Kier molecular flexibility index (Phi) is 6.29. The average Bonchev–Trinajstić information content (AvgIpc) is 3.07. The van der Waals surface area contributed by atoms with Crippen LogP contribution in [-0.2, 0) is 11.3 Å². The molecule has 0 bridgehead atoms. The van der Waals surface area contributed by atoms with E-state index in [1.807, 2.05) is 36.5 Å².